The first-order chi connectivity index (χ1) is 15.0. The molecule has 1 aromatic heterocycles. The van der Waals surface area contributed by atoms with E-state index < -0.39 is 5.91 Å². The summed E-state index contributed by atoms with van der Waals surface area (Å²) >= 11 is 6.10. The number of hydrogen-bond acceptors (Lipinski definition) is 3. The molecule has 0 bridgehead atoms. The fourth-order valence-corrected chi connectivity index (χ4v) is 4.45. The van der Waals surface area contributed by atoms with Gasteiger partial charge in [-0.3, -0.25) is 14.2 Å². The molecule has 0 atom stereocenters. The van der Waals surface area contributed by atoms with Gasteiger partial charge in [-0.2, -0.15) is 0 Å². The molecular weight excluding hydrogens is 410 g/mol. The molecule has 1 heterocycles. The van der Waals surface area contributed by atoms with Crippen molar-refractivity contribution in [1.82, 2.24) is 9.55 Å². The summed E-state index contributed by atoms with van der Waals surface area (Å²) < 4.78 is 1.55. The lowest BCUT2D eigenvalue weighted by atomic mass is 9.90. The first-order valence-electron chi connectivity index (χ1n) is 9.85. The fraction of sp³-hybridized carbons (Fsp3) is 0.0800. The van der Waals surface area contributed by atoms with E-state index in [1.165, 1.54) is 0 Å². The van der Waals surface area contributed by atoms with Gasteiger partial charge in [0.2, 0.25) is 5.91 Å². The van der Waals surface area contributed by atoms with Crippen molar-refractivity contribution in [3.63, 3.8) is 0 Å². The van der Waals surface area contributed by atoms with E-state index in [-0.39, 0.29) is 5.56 Å². The summed E-state index contributed by atoms with van der Waals surface area (Å²) in [7, 11) is 0. The van der Waals surface area contributed by atoms with Crippen molar-refractivity contribution < 1.29 is 4.79 Å². The molecular formula is C25H18ClN3O2. The van der Waals surface area contributed by atoms with Gasteiger partial charge < -0.3 is 5.73 Å². The van der Waals surface area contributed by atoms with Gasteiger partial charge in [-0.05, 0) is 71.5 Å². The number of carbonyl (C=O) groups excluding carboxylic acids is 1. The Morgan fingerprint density at radius 2 is 1.97 bits per heavy atom. The van der Waals surface area contributed by atoms with Crippen LogP contribution in [0.5, 0.6) is 0 Å². The standard InChI is InChI=1S/C25H18ClN3O2/c1-14-16(19-9-10-20(24(27)30)18-6-2-5-17(18)19)4-3-7-23(14)29-13-28-22-11-8-15(26)12-21(22)25(29)31/h2-5,7-13H,6H2,1H3,(H2,27,30). The van der Waals surface area contributed by atoms with E-state index >= 15 is 0 Å². The Morgan fingerprint density at radius 3 is 2.77 bits per heavy atom. The molecule has 1 aliphatic rings. The van der Waals surface area contributed by atoms with Crippen molar-refractivity contribution in [1.29, 1.82) is 0 Å². The predicted octanol–water partition coefficient (Wildman–Crippen LogP) is 4.68. The zero-order valence-electron chi connectivity index (χ0n) is 16.7. The average Bonchev–Trinajstić information content (AvgIpc) is 3.24. The third-order valence-electron chi connectivity index (χ3n) is 5.80. The van der Waals surface area contributed by atoms with Crippen molar-refractivity contribution in [2.75, 3.05) is 0 Å². The predicted molar refractivity (Wildman–Crippen MR) is 124 cm³/mol. The number of halogens is 1. The van der Waals surface area contributed by atoms with Crippen LogP contribution in [0.4, 0.5) is 0 Å². The molecule has 3 aromatic carbocycles. The van der Waals surface area contributed by atoms with Crippen LogP contribution in [0.15, 0.2) is 65.7 Å². The van der Waals surface area contributed by atoms with Crippen molar-refractivity contribution in [2.45, 2.75) is 13.3 Å². The lowest BCUT2D eigenvalue weighted by molar-refractivity contribution is 0.0999. The average molecular weight is 428 g/mol. The summed E-state index contributed by atoms with van der Waals surface area (Å²) in [5.74, 6) is -0.426. The van der Waals surface area contributed by atoms with Crippen LogP contribution >= 0.6 is 11.6 Å². The molecule has 6 heteroatoms. The molecule has 152 valence electrons. The number of carbonyl (C=O) groups is 1. The van der Waals surface area contributed by atoms with Gasteiger partial charge in [0.05, 0.1) is 16.6 Å². The fourth-order valence-electron chi connectivity index (χ4n) is 4.28. The highest BCUT2D eigenvalue weighted by atomic mass is 35.5. The number of nitrogens with zero attached hydrogens (tertiary/aromatic N) is 2. The number of rotatable bonds is 3. The Morgan fingerprint density at radius 1 is 1.13 bits per heavy atom. The second-order valence-electron chi connectivity index (χ2n) is 7.55. The Bertz CT molecular complexity index is 1480. The molecule has 4 aromatic rings. The third kappa shape index (κ3) is 3.05. The molecule has 0 saturated carbocycles. The minimum Gasteiger partial charge on any atom is -0.366 e. The van der Waals surface area contributed by atoms with E-state index in [4.69, 9.17) is 17.3 Å². The van der Waals surface area contributed by atoms with Gasteiger partial charge >= 0.3 is 0 Å². The normalized spacial score (nSPS) is 12.3. The Kier molecular flexibility index (Phi) is 4.49. The smallest absolute Gasteiger partial charge is 0.265 e. The summed E-state index contributed by atoms with van der Waals surface area (Å²) in [5, 5.41) is 0.959. The van der Waals surface area contributed by atoms with Gasteiger partial charge in [0, 0.05) is 10.6 Å². The molecule has 0 radical (unpaired) electrons. The summed E-state index contributed by atoms with van der Waals surface area (Å²) in [6.45, 7) is 1.98. The molecule has 5 rings (SSSR count). The van der Waals surface area contributed by atoms with E-state index in [0.29, 0.717) is 27.9 Å². The first-order valence-corrected chi connectivity index (χ1v) is 10.2. The SMILES string of the molecule is Cc1c(-c2ccc(C(N)=O)c3c2C=CC3)cccc1-n1cnc2ccc(Cl)cc2c1=O. The molecule has 2 N–H and O–H groups in total. The van der Waals surface area contributed by atoms with Crippen molar-refractivity contribution >= 4 is 34.5 Å². The van der Waals surface area contributed by atoms with E-state index in [1.54, 1.807) is 35.2 Å². The Hall–Kier alpha value is -3.70. The lowest BCUT2D eigenvalue weighted by Gasteiger charge is -2.17. The summed E-state index contributed by atoms with van der Waals surface area (Å²) in [6.07, 6.45) is 6.27. The first kappa shape index (κ1) is 19.3. The van der Waals surface area contributed by atoms with Gasteiger partial charge in [0.25, 0.3) is 5.56 Å². The number of amides is 1. The summed E-state index contributed by atoms with van der Waals surface area (Å²) in [5.41, 5.74) is 12.1. The van der Waals surface area contributed by atoms with Gasteiger partial charge in [-0.15, -0.1) is 0 Å². The van der Waals surface area contributed by atoms with E-state index in [2.05, 4.69) is 4.98 Å². The van der Waals surface area contributed by atoms with Gasteiger partial charge in [0.1, 0.15) is 6.33 Å². The Labute approximate surface area is 183 Å². The molecule has 0 aliphatic heterocycles. The second-order valence-corrected chi connectivity index (χ2v) is 7.99. The van der Waals surface area contributed by atoms with Crippen LogP contribution in [-0.2, 0) is 6.42 Å². The van der Waals surface area contributed by atoms with E-state index in [0.717, 1.165) is 33.5 Å². The lowest BCUT2D eigenvalue weighted by Crippen LogP contribution is -2.19. The summed E-state index contributed by atoms with van der Waals surface area (Å²) in [6, 6.07) is 14.6. The van der Waals surface area contributed by atoms with Crippen LogP contribution < -0.4 is 11.3 Å². The number of primary amides is 1. The minimum atomic E-state index is -0.426. The molecule has 31 heavy (non-hydrogen) atoms. The van der Waals surface area contributed by atoms with E-state index in [1.807, 2.05) is 43.3 Å². The van der Waals surface area contributed by atoms with Crippen LogP contribution in [0.2, 0.25) is 5.02 Å². The van der Waals surface area contributed by atoms with Gasteiger partial charge in [-0.25, -0.2) is 4.98 Å². The second kappa shape index (κ2) is 7.22. The highest BCUT2D eigenvalue weighted by Crippen LogP contribution is 2.36. The largest absolute Gasteiger partial charge is 0.366 e. The number of benzene rings is 3. The number of allylic oxidation sites excluding steroid dienone is 1. The maximum absolute atomic E-state index is 13.2. The Balaban J connectivity index is 1.72. The van der Waals surface area contributed by atoms with Crippen LogP contribution in [-0.4, -0.2) is 15.5 Å². The molecule has 5 nitrogen and oxygen atoms in total. The van der Waals surface area contributed by atoms with Crippen LogP contribution in [0, 0.1) is 6.92 Å². The monoisotopic (exact) mass is 427 g/mol. The van der Waals surface area contributed by atoms with Gasteiger partial charge in [0.15, 0.2) is 0 Å². The maximum Gasteiger partial charge on any atom is 0.265 e. The molecule has 1 aliphatic carbocycles. The summed E-state index contributed by atoms with van der Waals surface area (Å²) in [4.78, 5) is 29.4. The molecule has 0 saturated heterocycles. The maximum atomic E-state index is 13.2. The van der Waals surface area contributed by atoms with Gasteiger partial charge in [-0.1, -0.05) is 42.0 Å². The van der Waals surface area contributed by atoms with Crippen LogP contribution in [0.3, 0.4) is 0 Å². The zero-order valence-corrected chi connectivity index (χ0v) is 17.5. The van der Waals surface area contributed by atoms with Crippen molar-refractivity contribution in [2.24, 2.45) is 5.73 Å². The number of nitrogens with two attached hydrogens (primary N) is 1. The van der Waals surface area contributed by atoms with Crippen molar-refractivity contribution in [3.8, 4) is 16.8 Å². The highest BCUT2D eigenvalue weighted by molar-refractivity contribution is 6.31. The molecule has 0 fully saturated rings. The number of aromatic nitrogens is 2. The van der Waals surface area contributed by atoms with Crippen molar-refractivity contribution in [3.05, 3.63) is 98.6 Å². The highest BCUT2D eigenvalue weighted by Gasteiger charge is 2.20. The zero-order chi connectivity index (χ0) is 21.7. The minimum absolute atomic E-state index is 0.179. The van der Waals surface area contributed by atoms with Crippen LogP contribution in [0.1, 0.15) is 27.0 Å². The molecule has 0 unspecified atom stereocenters. The molecule has 1 amide bonds. The topological polar surface area (TPSA) is 78.0 Å². The van der Waals surface area contributed by atoms with Crippen LogP contribution in [0.25, 0.3) is 33.8 Å². The quantitative estimate of drug-likeness (QED) is 0.515. The number of fused-ring (bicyclic) bond motifs is 2. The third-order valence-corrected chi connectivity index (χ3v) is 6.04. The number of hydrogen-bond donors (Lipinski definition) is 1. The molecule has 0 spiro atoms. The van der Waals surface area contributed by atoms with E-state index in [9.17, 15) is 9.59 Å².